The molecule has 0 saturated heterocycles. The number of carbonyl (C=O) groups is 1. The lowest BCUT2D eigenvalue weighted by Gasteiger charge is -2.08. The predicted molar refractivity (Wildman–Crippen MR) is 104 cm³/mol. The number of aromatic nitrogens is 3. The van der Waals surface area contributed by atoms with Crippen molar-refractivity contribution in [3.8, 4) is 11.3 Å². The monoisotopic (exact) mass is 434 g/mol. The van der Waals surface area contributed by atoms with Gasteiger partial charge in [0.1, 0.15) is 30.2 Å². The van der Waals surface area contributed by atoms with Gasteiger partial charge in [-0.25, -0.2) is 9.78 Å². The number of rotatable bonds is 7. The Labute approximate surface area is 174 Å². The van der Waals surface area contributed by atoms with Gasteiger partial charge in [0.25, 0.3) is 0 Å². The van der Waals surface area contributed by atoms with Gasteiger partial charge in [0.2, 0.25) is 5.95 Å². The Bertz CT molecular complexity index is 1080. The second kappa shape index (κ2) is 8.37. The van der Waals surface area contributed by atoms with Crippen molar-refractivity contribution < 1.29 is 27.1 Å². The van der Waals surface area contributed by atoms with Gasteiger partial charge in [0.05, 0.1) is 5.56 Å². The van der Waals surface area contributed by atoms with Crippen LogP contribution in [0.15, 0.2) is 48.7 Å². The summed E-state index contributed by atoms with van der Waals surface area (Å²) in [4.78, 5) is 16.4. The molecule has 0 amide bonds. The maximum Gasteiger partial charge on any atom is 0.408 e. The van der Waals surface area contributed by atoms with Crippen molar-refractivity contribution in [1.29, 1.82) is 0 Å². The van der Waals surface area contributed by atoms with E-state index in [9.17, 15) is 22.4 Å². The molecule has 4 rings (SSSR count). The molecular weight excluding hydrogens is 416 g/mol. The minimum absolute atomic E-state index is 0.0887. The molecule has 2 heterocycles. The Morgan fingerprint density at radius 1 is 1.16 bits per heavy atom. The smallest absolute Gasteiger partial charge is 0.408 e. The van der Waals surface area contributed by atoms with Gasteiger partial charge in [0.15, 0.2) is 0 Å². The Balaban J connectivity index is 1.62. The van der Waals surface area contributed by atoms with Crippen LogP contribution in [-0.4, -0.2) is 33.0 Å². The normalized spacial score (nSPS) is 13.8. The number of pyridine rings is 1. The molecule has 1 aliphatic carbocycles. The molecule has 6 nitrogen and oxygen atoms in total. The fourth-order valence-electron chi connectivity index (χ4n) is 2.96. The Morgan fingerprint density at radius 3 is 2.55 bits per heavy atom. The largest absolute Gasteiger partial charge is 0.457 e. The van der Waals surface area contributed by atoms with Gasteiger partial charge in [-0.2, -0.15) is 22.7 Å². The first-order chi connectivity index (χ1) is 14.8. The van der Waals surface area contributed by atoms with E-state index in [1.165, 1.54) is 12.1 Å². The Kier molecular flexibility index (Phi) is 5.62. The lowest BCUT2D eigenvalue weighted by molar-refractivity contribution is -0.142. The maximum atomic E-state index is 14.7. The summed E-state index contributed by atoms with van der Waals surface area (Å²) in [5, 5.41) is 6.83. The van der Waals surface area contributed by atoms with Crippen LogP contribution in [0.2, 0.25) is 0 Å². The average molecular weight is 434 g/mol. The summed E-state index contributed by atoms with van der Waals surface area (Å²) >= 11 is 0. The van der Waals surface area contributed by atoms with Crippen molar-refractivity contribution in [1.82, 2.24) is 14.8 Å². The van der Waals surface area contributed by atoms with Crippen LogP contribution in [0.5, 0.6) is 0 Å². The molecule has 1 N–H and O–H groups in total. The molecule has 1 saturated carbocycles. The fourth-order valence-corrected chi connectivity index (χ4v) is 2.96. The van der Waals surface area contributed by atoms with Crippen LogP contribution in [0.3, 0.4) is 0 Å². The fraction of sp³-hybridized carbons (Fsp3) is 0.286. The number of benzene rings is 1. The highest BCUT2D eigenvalue weighted by Gasteiger charge is 2.31. The quantitative estimate of drug-likeness (QED) is 0.335. The minimum atomic E-state index is -4.57. The van der Waals surface area contributed by atoms with E-state index in [1.54, 1.807) is 30.3 Å². The molecule has 0 unspecified atom stereocenters. The third-order valence-corrected chi connectivity index (χ3v) is 4.57. The third kappa shape index (κ3) is 5.39. The summed E-state index contributed by atoms with van der Waals surface area (Å²) in [6.45, 7) is -1.52. The van der Waals surface area contributed by atoms with E-state index in [0.29, 0.717) is 16.1 Å². The molecule has 31 heavy (non-hydrogen) atoms. The van der Waals surface area contributed by atoms with Crippen LogP contribution in [0, 0.1) is 5.95 Å². The van der Waals surface area contributed by atoms with E-state index in [-0.39, 0.29) is 29.5 Å². The number of ether oxygens (including phenoxy) is 1. The first-order valence-corrected chi connectivity index (χ1v) is 9.57. The second-order valence-corrected chi connectivity index (χ2v) is 7.22. The van der Waals surface area contributed by atoms with Crippen molar-refractivity contribution >= 4 is 11.8 Å². The minimum Gasteiger partial charge on any atom is -0.457 e. The van der Waals surface area contributed by atoms with Crippen LogP contribution in [0.1, 0.15) is 28.8 Å². The zero-order valence-electron chi connectivity index (χ0n) is 16.2. The maximum absolute atomic E-state index is 14.7. The molecule has 1 aromatic carbocycles. The SMILES string of the molecule is O=C(OCc1ccccc1)c1cn(CC(F)(F)F)nc1-c1ccc(NC2CC2)nc1F. The van der Waals surface area contributed by atoms with Gasteiger partial charge >= 0.3 is 12.1 Å². The van der Waals surface area contributed by atoms with Crippen LogP contribution in [-0.2, 0) is 17.9 Å². The highest BCUT2D eigenvalue weighted by molar-refractivity contribution is 5.96. The zero-order chi connectivity index (χ0) is 22.0. The number of halogens is 4. The Hall–Kier alpha value is -3.43. The third-order valence-electron chi connectivity index (χ3n) is 4.57. The molecule has 2 aromatic heterocycles. The number of carbonyl (C=O) groups excluding carboxylic acids is 1. The topological polar surface area (TPSA) is 69.0 Å². The summed E-state index contributed by atoms with van der Waals surface area (Å²) in [6, 6.07) is 11.9. The van der Waals surface area contributed by atoms with Crippen molar-refractivity contribution in [2.24, 2.45) is 0 Å². The number of nitrogens with one attached hydrogen (secondary N) is 1. The molecule has 10 heteroatoms. The first kappa shape index (κ1) is 20.8. The summed E-state index contributed by atoms with van der Waals surface area (Å²) in [5.74, 6) is -1.54. The molecule has 162 valence electrons. The summed E-state index contributed by atoms with van der Waals surface area (Å²) in [7, 11) is 0. The molecule has 1 fully saturated rings. The van der Waals surface area contributed by atoms with Crippen molar-refractivity contribution in [2.75, 3.05) is 5.32 Å². The highest BCUT2D eigenvalue weighted by Crippen LogP contribution is 2.29. The molecule has 1 aliphatic rings. The van der Waals surface area contributed by atoms with Crippen LogP contribution >= 0.6 is 0 Å². The lowest BCUT2D eigenvalue weighted by Crippen LogP contribution is -2.18. The number of hydrogen-bond donors (Lipinski definition) is 1. The van der Waals surface area contributed by atoms with Gasteiger partial charge in [-0.1, -0.05) is 30.3 Å². The molecule has 0 aliphatic heterocycles. The second-order valence-electron chi connectivity index (χ2n) is 7.22. The summed E-state index contributed by atoms with van der Waals surface area (Å²) in [5.41, 5.74) is -0.0218. The molecule has 0 spiro atoms. The van der Waals surface area contributed by atoms with Gasteiger partial charge in [-0.05, 0) is 30.5 Å². The van der Waals surface area contributed by atoms with E-state index < -0.39 is 24.6 Å². The van der Waals surface area contributed by atoms with Gasteiger partial charge in [-0.3, -0.25) is 4.68 Å². The van der Waals surface area contributed by atoms with Crippen LogP contribution in [0.25, 0.3) is 11.3 Å². The van der Waals surface area contributed by atoms with Gasteiger partial charge < -0.3 is 10.1 Å². The number of alkyl halides is 3. The van der Waals surface area contributed by atoms with Crippen molar-refractivity contribution in [3.63, 3.8) is 0 Å². The van der Waals surface area contributed by atoms with E-state index >= 15 is 0 Å². The van der Waals surface area contributed by atoms with E-state index in [1.807, 2.05) is 0 Å². The molecule has 0 radical (unpaired) electrons. The van der Waals surface area contributed by atoms with E-state index in [4.69, 9.17) is 4.74 Å². The number of esters is 1. The number of anilines is 1. The van der Waals surface area contributed by atoms with Gasteiger partial charge in [-0.15, -0.1) is 0 Å². The van der Waals surface area contributed by atoms with Crippen LogP contribution in [0.4, 0.5) is 23.4 Å². The predicted octanol–water partition coefficient (Wildman–Crippen LogP) is 4.58. The highest BCUT2D eigenvalue weighted by atomic mass is 19.4. The van der Waals surface area contributed by atoms with Crippen molar-refractivity contribution in [3.05, 3.63) is 65.7 Å². The zero-order valence-corrected chi connectivity index (χ0v) is 16.2. The first-order valence-electron chi connectivity index (χ1n) is 9.57. The standard InChI is InChI=1S/C21H18F4N4O2/c22-19-15(8-9-17(27-19)26-14-6-7-14)18-16(10-29(28-18)12-21(23,24)25)20(30)31-11-13-4-2-1-3-5-13/h1-5,8-10,14H,6-7,11-12H2,(H,26,27). The Morgan fingerprint density at radius 2 is 1.90 bits per heavy atom. The number of nitrogens with zero attached hydrogens (tertiary/aromatic N) is 3. The number of hydrogen-bond acceptors (Lipinski definition) is 5. The van der Waals surface area contributed by atoms with Crippen LogP contribution < -0.4 is 5.32 Å². The summed E-state index contributed by atoms with van der Waals surface area (Å²) in [6.07, 6.45) is -1.73. The molecule has 3 aromatic rings. The lowest BCUT2D eigenvalue weighted by atomic mass is 10.1. The molecule has 0 atom stereocenters. The average Bonchev–Trinajstić information content (AvgIpc) is 3.43. The van der Waals surface area contributed by atoms with Crippen molar-refractivity contribution in [2.45, 2.75) is 38.2 Å². The summed E-state index contributed by atoms with van der Waals surface area (Å²) < 4.78 is 59.0. The van der Waals surface area contributed by atoms with E-state index in [0.717, 1.165) is 19.0 Å². The van der Waals surface area contributed by atoms with E-state index in [2.05, 4.69) is 15.4 Å². The molecular formula is C21H18F4N4O2. The van der Waals surface area contributed by atoms with Gasteiger partial charge in [0, 0.05) is 12.2 Å². The molecule has 0 bridgehead atoms.